The molecular weight excluding hydrogens is 441 g/mol. The van der Waals surface area contributed by atoms with Gasteiger partial charge in [-0.05, 0) is 29.3 Å². The second-order valence-corrected chi connectivity index (χ2v) is 7.42. The Morgan fingerprint density at radius 1 is 0.882 bits per heavy atom. The summed E-state index contributed by atoms with van der Waals surface area (Å²) in [5.41, 5.74) is 0.676. The maximum absolute atomic E-state index is 15.1. The molecule has 2 aromatic carbocycles. The number of halogens is 3. The van der Waals surface area contributed by atoms with Crippen LogP contribution in [0.2, 0.25) is 0 Å². The predicted octanol–water partition coefficient (Wildman–Crippen LogP) is 5.41. The van der Waals surface area contributed by atoms with Gasteiger partial charge in [0.25, 0.3) is 0 Å². The molecule has 1 aromatic heterocycles. The molecule has 0 amide bonds. The minimum Gasteiger partial charge on any atom is -0.507 e. The van der Waals surface area contributed by atoms with E-state index in [9.17, 15) is 29.7 Å². The van der Waals surface area contributed by atoms with Crippen LogP contribution in [0, 0.1) is 51.4 Å². The lowest BCUT2D eigenvalue weighted by Gasteiger charge is -2.12. The SMILES string of the molecule is N#C/C=C1/C(=C2\c3cccnc3-c3c(O)cccc32)C(=C(C#N)C#N)c2cc(F)c(F)c(F)c21. The summed E-state index contributed by atoms with van der Waals surface area (Å²) in [6.45, 7) is 0. The second kappa shape index (κ2) is 7.48. The number of phenols is 1. The van der Waals surface area contributed by atoms with Gasteiger partial charge >= 0.3 is 0 Å². The highest BCUT2D eigenvalue weighted by Gasteiger charge is 2.40. The van der Waals surface area contributed by atoms with E-state index < -0.39 is 28.6 Å². The van der Waals surface area contributed by atoms with Crippen molar-refractivity contribution in [2.75, 3.05) is 0 Å². The molecule has 5 nitrogen and oxygen atoms in total. The number of allylic oxidation sites excluding steroid dienone is 5. The average molecular weight is 450 g/mol. The van der Waals surface area contributed by atoms with Crippen LogP contribution in [0.4, 0.5) is 13.2 Å². The Kier molecular flexibility index (Phi) is 4.57. The van der Waals surface area contributed by atoms with E-state index in [0.717, 1.165) is 6.08 Å². The van der Waals surface area contributed by atoms with Gasteiger partial charge in [0.1, 0.15) is 23.5 Å². The third-order valence-corrected chi connectivity index (χ3v) is 5.78. The first-order chi connectivity index (χ1) is 16.4. The van der Waals surface area contributed by atoms with Gasteiger partial charge < -0.3 is 5.11 Å². The van der Waals surface area contributed by atoms with E-state index >= 15 is 4.39 Å². The van der Waals surface area contributed by atoms with Gasteiger partial charge in [0, 0.05) is 45.7 Å². The maximum Gasteiger partial charge on any atom is 0.195 e. The summed E-state index contributed by atoms with van der Waals surface area (Å²) in [7, 11) is 0. The summed E-state index contributed by atoms with van der Waals surface area (Å²) in [5, 5.41) is 39.4. The van der Waals surface area contributed by atoms with E-state index in [-0.39, 0.29) is 28.0 Å². The Labute approximate surface area is 190 Å². The van der Waals surface area contributed by atoms with Crippen LogP contribution >= 0.6 is 0 Å². The Bertz CT molecular complexity index is 1660. The van der Waals surface area contributed by atoms with E-state index in [2.05, 4.69) is 4.98 Å². The molecular formula is C26H9F3N4O. The minimum absolute atomic E-state index is 0.0668. The van der Waals surface area contributed by atoms with E-state index in [4.69, 9.17) is 0 Å². The van der Waals surface area contributed by atoms with Crippen molar-refractivity contribution in [1.82, 2.24) is 4.98 Å². The van der Waals surface area contributed by atoms with Gasteiger partial charge in [0.2, 0.25) is 0 Å². The normalized spacial score (nSPS) is 16.4. The topological polar surface area (TPSA) is 104 Å². The molecule has 2 aliphatic rings. The number of nitriles is 3. The molecule has 5 rings (SSSR count). The van der Waals surface area contributed by atoms with Crippen molar-refractivity contribution < 1.29 is 18.3 Å². The smallest absolute Gasteiger partial charge is 0.195 e. The van der Waals surface area contributed by atoms with Crippen molar-refractivity contribution in [2.45, 2.75) is 0 Å². The number of phenolic OH excluding ortho intramolecular Hbond substituents is 1. The van der Waals surface area contributed by atoms with Crippen molar-refractivity contribution >= 4 is 16.7 Å². The van der Waals surface area contributed by atoms with Crippen LogP contribution in [0.1, 0.15) is 22.3 Å². The van der Waals surface area contributed by atoms with Crippen molar-refractivity contribution in [1.29, 1.82) is 15.8 Å². The summed E-state index contributed by atoms with van der Waals surface area (Å²) < 4.78 is 43.6. The lowest BCUT2D eigenvalue weighted by atomic mass is 9.89. The molecule has 34 heavy (non-hydrogen) atoms. The number of benzene rings is 2. The lowest BCUT2D eigenvalue weighted by Crippen LogP contribution is -1.97. The summed E-state index contributed by atoms with van der Waals surface area (Å²) in [6, 6.07) is 13.9. The lowest BCUT2D eigenvalue weighted by molar-refractivity contribution is 0.445. The summed E-state index contributed by atoms with van der Waals surface area (Å²) in [4.78, 5) is 4.34. The first-order valence-electron chi connectivity index (χ1n) is 9.80. The molecule has 0 spiro atoms. The van der Waals surface area contributed by atoms with Gasteiger partial charge in [-0.3, -0.25) is 4.98 Å². The average Bonchev–Trinajstić information content (AvgIpc) is 3.32. The van der Waals surface area contributed by atoms with Crippen molar-refractivity contribution in [2.24, 2.45) is 0 Å². The zero-order valence-corrected chi connectivity index (χ0v) is 17.0. The molecule has 2 aliphatic carbocycles. The Hall–Kier alpha value is -5.13. The van der Waals surface area contributed by atoms with Gasteiger partial charge in [-0.1, -0.05) is 18.2 Å². The van der Waals surface area contributed by atoms with Gasteiger partial charge in [-0.25, -0.2) is 13.2 Å². The number of aromatic nitrogens is 1. The highest BCUT2D eigenvalue weighted by molar-refractivity contribution is 6.20. The van der Waals surface area contributed by atoms with Crippen LogP contribution in [0.3, 0.4) is 0 Å². The number of hydrogen-bond donors (Lipinski definition) is 1. The van der Waals surface area contributed by atoms with Crippen LogP contribution in [0.5, 0.6) is 5.75 Å². The molecule has 1 heterocycles. The van der Waals surface area contributed by atoms with E-state index in [1.54, 1.807) is 42.5 Å². The zero-order chi connectivity index (χ0) is 24.1. The van der Waals surface area contributed by atoms with Crippen molar-refractivity contribution in [3.8, 4) is 35.2 Å². The molecule has 3 aromatic rings. The number of nitrogens with zero attached hydrogens (tertiary/aromatic N) is 4. The Morgan fingerprint density at radius 3 is 2.32 bits per heavy atom. The highest BCUT2D eigenvalue weighted by Crippen LogP contribution is 2.56. The Balaban J connectivity index is 2.07. The second-order valence-electron chi connectivity index (χ2n) is 7.42. The molecule has 0 saturated carbocycles. The number of aromatic hydroxyl groups is 1. The standard InChI is InChI=1S/C26H9F3N4O/c27-17-9-16-19(12(10-31)11-32)23(14(6-7-30)21(16)25(29)24(17)28)20-13-3-1-5-18(34)22(13)26-15(20)4-2-8-33-26/h1-6,8-9,34H/b14-6+,23-20+. The summed E-state index contributed by atoms with van der Waals surface area (Å²) in [6.07, 6.45) is 2.47. The third kappa shape index (κ3) is 2.62. The number of fused-ring (bicyclic) bond motifs is 4. The molecule has 0 fully saturated rings. The Morgan fingerprint density at radius 2 is 1.62 bits per heavy atom. The first kappa shape index (κ1) is 20.8. The molecule has 0 saturated heterocycles. The fourth-order valence-corrected chi connectivity index (χ4v) is 4.53. The molecule has 0 radical (unpaired) electrons. The number of hydrogen-bond acceptors (Lipinski definition) is 5. The molecule has 160 valence electrons. The fourth-order valence-electron chi connectivity index (χ4n) is 4.53. The molecule has 0 unspecified atom stereocenters. The molecule has 0 aliphatic heterocycles. The highest BCUT2D eigenvalue weighted by atomic mass is 19.2. The predicted molar refractivity (Wildman–Crippen MR) is 115 cm³/mol. The number of pyridine rings is 1. The number of rotatable bonds is 0. The van der Waals surface area contributed by atoms with Gasteiger partial charge in [-0.2, -0.15) is 15.8 Å². The van der Waals surface area contributed by atoms with Crippen molar-refractivity contribution in [3.05, 3.63) is 99.5 Å². The van der Waals surface area contributed by atoms with Gasteiger partial charge in [0.05, 0.1) is 17.3 Å². The first-order valence-corrected chi connectivity index (χ1v) is 9.80. The van der Waals surface area contributed by atoms with Crippen LogP contribution < -0.4 is 0 Å². The summed E-state index contributed by atoms with van der Waals surface area (Å²) >= 11 is 0. The quantitative estimate of drug-likeness (QED) is 0.285. The van der Waals surface area contributed by atoms with Gasteiger partial charge in [0.15, 0.2) is 17.5 Å². The van der Waals surface area contributed by atoms with Crippen LogP contribution in [-0.2, 0) is 0 Å². The van der Waals surface area contributed by atoms with E-state index in [1.165, 1.54) is 12.3 Å². The van der Waals surface area contributed by atoms with Crippen LogP contribution in [-0.4, -0.2) is 10.1 Å². The molecule has 0 bridgehead atoms. The fraction of sp³-hybridized carbons (Fsp3) is 0. The van der Waals surface area contributed by atoms with Gasteiger partial charge in [-0.15, -0.1) is 0 Å². The van der Waals surface area contributed by atoms with E-state index in [1.807, 2.05) is 0 Å². The molecule has 0 atom stereocenters. The van der Waals surface area contributed by atoms with Crippen LogP contribution in [0.25, 0.3) is 28.0 Å². The van der Waals surface area contributed by atoms with Crippen LogP contribution in [0.15, 0.2) is 59.8 Å². The monoisotopic (exact) mass is 450 g/mol. The third-order valence-electron chi connectivity index (χ3n) is 5.78. The maximum atomic E-state index is 15.1. The summed E-state index contributed by atoms with van der Waals surface area (Å²) in [5.74, 6) is -4.88. The molecule has 1 N–H and O–H groups in total. The van der Waals surface area contributed by atoms with E-state index in [0.29, 0.717) is 34.0 Å². The molecule has 8 heteroatoms. The largest absolute Gasteiger partial charge is 0.507 e. The van der Waals surface area contributed by atoms with Crippen molar-refractivity contribution in [3.63, 3.8) is 0 Å². The zero-order valence-electron chi connectivity index (χ0n) is 17.0. The minimum atomic E-state index is -1.74.